The van der Waals surface area contributed by atoms with Gasteiger partial charge in [0.15, 0.2) is 0 Å². The Morgan fingerprint density at radius 1 is 1.30 bits per heavy atom. The largest absolute Gasteiger partial charge is 0.628 e. The first-order chi connectivity index (χ1) is 4.70. The van der Waals surface area contributed by atoms with Gasteiger partial charge in [-0.1, -0.05) is 6.07 Å². The Bertz CT molecular complexity index is 227. The minimum absolute atomic E-state index is 0.139. The Morgan fingerprint density at radius 2 is 2.00 bits per heavy atom. The van der Waals surface area contributed by atoms with Gasteiger partial charge in [0.05, 0.1) is 0 Å². The van der Waals surface area contributed by atoms with E-state index in [0.717, 1.165) is 6.07 Å². The van der Waals surface area contributed by atoms with Crippen LogP contribution in [0.5, 0.6) is 0 Å². The lowest BCUT2D eigenvalue weighted by Gasteiger charge is -2.24. The van der Waals surface area contributed by atoms with E-state index in [9.17, 15) is 14.8 Å². The second-order valence-electron chi connectivity index (χ2n) is 1.80. The van der Waals surface area contributed by atoms with Crippen LogP contribution >= 0.6 is 0 Å². The van der Waals surface area contributed by atoms with Gasteiger partial charge in [-0.3, -0.25) is 0 Å². The molecular formula is C6H5FNO2-. The van der Waals surface area contributed by atoms with E-state index in [-0.39, 0.29) is 5.69 Å². The molecule has 1 aromatic rings. The highest BCUT2D eigenvalue weighted by Crippen LogP contribution is 2.02. The molecule has 0 fully saturated rings. The third kappa shape index (κ3) is 1.51. The third-order valence-corrected chi connectivity index (χ3v) is 1.06. The van der Waals surface area contributed by atoms with Crippen LogP contribution in [0.3, 0.4) is 0 Å². The highest BCUT2D eigenvalue weighted by atomic mass is 19.1. The van der Waals surface area contributed by atoms with Gasteiger partial charge in [-0.25, -0.2) is 4.39 Å². The van der Waals surface area contributed by atoms with Crippen molar-refractivity contribution < 1.29 is 9.62 Å². The van der Waals surface area contributed by atoms with E-state index < -0.39 is 11.0 Å². The summed E-state index contributed by atoms with van der Waals surface area (Å²) in [7, 11) is 0. The average molecular weight is 142 g/mol. The standard InChI is InChI=1S/C6H5FNO2/c7-5-2-1-3-6(4-5)8(9)10/h1-4,8H/q-1. The average Bonchev–Trinajstić information content (AvgIpc) is 1.88. The molecule has 0 unspecified atom stereocenters. The van der Waals surface area contributed by atoms with Crippen molar-refractivity contribution in [1.82, 2.24) is 0 Å². The molecule has 54 valence electrons. The predicted octanol–water partition coefficient (Wildman–Crippen LogP) is 0.338. The lowest BCUT2D eigenvalue weighted by atomic mass is 10.3. The van der Waals surface area contributed by atoms with Crippen LogP contribution in [0.4, 0.5) is 10.1 Å². The van der Waals surface area contributed by atoms with Gasteiger partial charge in [0.1, 0.15) is 11.5 Å². The van der Waals surface area contributed by atoms with Crippen LogP contribution in [0.15, 0.2) is 24.3 Å². The summed E-state index contributed by atoms with van der Waals surface area (Å²) in [6.45, 7) is 0. The van der Waals surface area contributed by atoms with Gasteiger partial charge in [-0.2, -0.15) is 0 Å². The van der Waals surface area contributed by atoms with E-state index in [1.54, 1.807) is 0 Å². The monoisotopic (exact) mass is 142 g/mol. The molecule has 0 amide bonds. The summed E-state index contributed by atoms with van der Waals surface area (Å²) in [5, 5.41) is 18.8. The van der Waals surface area contributed by atoms with Crippen LogP contribution in [0, 0.1) is 16.2 Å². The lowest BCUT2D eigenvalue weighted by Crippen LogP contribution is -2.96. The molecule has 1 N–H and O–H groups in total. The zero-order valence-corrected chi connectivity index (χ0v) is 5.00. The van der Waals surface area contributed by atoms with Gasteiger partial charge in [0, 0.05) is 6.07 Å². The summed E-state index contributed by atoms with van der Waals surface area (Å²) < 4.78 is 12.2. The number of nitrogens with one attached hydrogen (secondary N) is 1. The molecule has 1 rings (SSSR count). The number of hydrogen-bond donors (Lipinski definition) is 1. The SMILES string of the molecule is [O-][NH+]([O-])c1cccc(F)c1. The van der Waals surface area contributed by atoms with E-state index in [1.165, 1.54) is 18.2 Å². The van der Waals surface area contributed by atoms with Crippen molar-refractivity contribution in [1.29, 1.82) is 0 Å². The topological polar surface area (TPSA) is 50.6 Å². The van der Waals surface area contributed by atoms with E-state index >= 15 is 0 Å². The van der Waals surface area contributed by atoms with E-state index in [2.05, 4.69) is 0 Å². The van der Waals surface area contributed by atoms with E-state index in [4.69, 9.17) is 0 Å². The fourth-order valence-corrected chi connectivity index (χ4v) is 0.615. The first-order valence-electron chi connectivity index (χ1n) is 2.67. The molecule has 3 nitrogen and oxygen atoms in total. The maximum absolute atomic E-state index is 12.2. The molecule has 0 aliphatic heterocycles. The quantitative estimate of drug-likeness (QED) is 0.574. The predicted molar refractivity (Wildman–Crippen MR) is 33.8 cm³/mol. The molecule has 0 heterocycles. The van der Waals surface area contributed by atoms with Crippen LogP contribution in [-0.4, -0.2) is 0 Å². The molecule has 0 saturated heterocycles. The van der Waals surface area contributed by atoms with Gasteiger partial charge in [0.25, 0.3) is 0 Å². The second kappa shape index (κ2) is 2.74. The van der Waals surface area contributed by atoms with Gasteiger partial charge in [-0.05, 0) is 12.1 Å². The molecule has 0 aromatic heterocycles. The van der Waals surface area contributed by atoms with Crippen molar-refractivity contribution in [2.75, 3.05) is 0 Å². The summed E-state index contributed by atoms with van der Waals surface area (Å²) in [5.74, 6) is -0.568. The first-order valence-corrected chi connectivity index (χ1v) is 2.67. The maximum Gasteiger partial charge on any atom is 0.134 e. The molecule has 0 atom stereocenters. The molecule has 4 heteroatoms. The Balaban J connectivity index is 2.96. The number of rotatable bonds is 1. The van der Waals surface area contributed by atoms with Crippen molar-refractivity contribution in [3.05, 3.63) is 40.5 Å². The normalized spacial score (nSPS) is 10.4. The van der Waals surface area contributed by atoms with Gasteiger partial charge < -0.3 is 15.6 Å². The Kier molecular flexibility index (Phi) is 1.96. The molecule has 10 heavy (non-hydrogen) atoms. The van der Waals surface area contributed by atoms with Crippen LogP contribution in [0.25, 0.3) is 0 Å². The van der Waals surface area contributed by atoms with Crippen LogP contribution in [0.1, 0.15) is 0 Å². The molecule has 1 aromatic carbocycles. The van der Waals surface area contributed by atoms with Crippen molar-refractivity contribution in [3.63, 3.8) is 0 Å². The van der Waals surface area contributed by atoms with Crippen molar-refractivity contribution in [2.24, 2.45) is 0 Å². The van der Waals surface area contributed by atoms with Crippen molar-refractivity contribution in [2.45, 2.75) is 0 Å². The number of quaternary nitrogens is 1. The maximum atomic E-state index is 12.2. The third-order valence-electron chi connectivity index (χ3n) is 1.06. The fraction of sp³-hybridized carbons (Fsp3) is 0. The van der Waals surface area contributed by atoms with Gasteiger partial charge >= 0.3 is 0 Å². The molecule has 0 radical (unpaired) electrons. The summed E-state index contributed by atoms with van der Waals surface area (Å²) in [6.07, 6.45) is 0. The fourth-order valence-electron chi connectivity index (χ4n) is 0.615. The Labute approximate surface area is 56.9 Å². The number of halogens is 1. The minimum Gasteiger partial charge on any atom is -0.628 e. The van der Waals surface area contributed by atoms with Gasteiger partial charge in [-0.15, -0.1) is 0 Å². The molecule has 0 bridgehead atoms. The second-order valence-corrected chi connectivity index (χ2v) is 1.80. The first kappa shape index (κ1) is 7.14. The number of benzene rings is 1. The van der Waals surface area contributed by atoms with E-state index in [1.807, 2.05) is 0 Å². The number of hydrogen-bond acceptors (Lipinski definition) is 2. The lowest BCUT2D eigenvalue weighted by molar-refractivity contribution is -0.715. The smallest absolute Gasteiger partial charge is 0.134 e. The summed E-state index contributed by atoms with van der Waals surface area (Å²) >= 11 is 0. The zero-order chi connectivity index (χ0) is 7.56. The van der Waals surface area contributed by atoms with E-state index in [0.29, 0.717) is 0 Å². The van der Waals surface area contributed by atoms with Crippen molar-refractivity contribution in [3.8, 4) is 0 Å². The molecule has 0 saturated carbocycles. The molecule has 0 aliphatic rings. The summed E-state index contributed by atoms with van der Waals surface area (Å²) in [6, 6.07) is 4.68. The van der Waals surface area contributed by atoms with Crippen molar-refractivity contribution >= 4 is 5.69 Å². The highest BCUT2D eigenvalue weighted by Gasteiger charge is 1.94. The summed E-state index contributed by atoms with van der Waals surface area (Å²) in [5.41, 5.74) is -0.139. The zero-order valence-electron chi connectivity index (χ0n) is 5.00. The Hall–Kier alpha value is -0.970. The van der Waals surface area contributed by atoms with Crippen LogP contribution < -0.4 is 5.23 Å². The molecule has 0 aliphatic carbocycles. The molecule has 0 spiro atoms. The van der Waals surface area contributed by atoms with Gasteiger partial charge in [0.2, 0.25) is 0 Å². The van der Waals surface area contributed by atoms with Crippen LogP contribution in [-0.2, 0) is 0 Å². The molecular weight excluding hydrogens is 137 g/mol. The minimum atomic E-state index is -1.36. The highest BCUT2D eigenvalue weighted by molar-refractivity contribution is 5.29. The summed E-state index contributed by atoms with van der Waals surface area (Å²) in [4.78, 5) is 0. The van der Waals surface area contributed by atoms with Crippen LogP contribution in [0.2, 0.25) is 0 Å². The Morgan fingerprint density at radius 3 is 2.40 bits per heavy atom.